The van der Waals surface area contributed by atoms with E-state index in [0.717, 1.165) is 6.07 Å². The topological polar surface area (TPSA) is 43.4 Å². The summed E-state index contributed by atoms with van der Waals surface area (Å²) >= 11 is 5.14. The second kappa shape index (κ2) is 4.19. The molecule has 0 saturated heterocycles. The van der Waals surface area contributed by atoms with Crippen LogP contribution in [0.2, 0.25) is 0 Å². The highest BCUT2D eigenvalue weighted by Crippen LogP contribution is 2.23. The van der Waals surface area contributed by atoms with Crippen LogP contribution in [0.5, 0.6) is 5.75 Å². The molecule has 74 valence electrons. The maximum Gasteiger partial charge on any atom is 0.252 e. The molecule has 0 atom stereocenters. The van der Waals surface area contributed by atoms with Crippen LogP contribution >= 0.6 is 11.6 Å². The monoisotopic (exact) mass is 216 g/mol. The molecule has 0 fully saturated rings. The van der Waals surface area contributed by atoms with Crippen LogP contribution in [0, 0.1) is 5.82 Å². The smallest absolute Gasteiger partial charge is 0.252 e. The number of halogens is 2. The predicted octanol–water partition coefficient (Wildman–Crippen LogP) is 2.03. The molecule has 0 amide bonds. The zero-order valence-corrected chi connectivity index (χ0v) is 7.97. The number of hydrogen-bond acceptors (Lipinski definition) is 3. The quantitative estimate of drug-likeness (QED) is 0.574. The minimum atomic E-state index is -0.824. The van der Waals surface area contributed by atoms with Crippen molar-refractivity contribution in [2.24, 2.45) is 0 Å². The lowest BCUT2D eigenvalue weighted by Gasteiger charge is -2.05. The van der Waals surface area contributed by atoms with Crippen molar-refractivity contribution in [3.63, 3.8) is 0 Å². The average Bonchev–Trinajstić information content (AvgIpc) is 2.16. The van der Waals surface area contributed by atoms with Crippen molar-refractivity contribution < 1.29 is 18.7 Å². The molecule has 0 N–H and O–H groups in total. The van der Waals surface area contributed by atoms with Crippen molar-refractivity contribution in [2.75, 3.05) is 7.11 Å². The summed E-state index contributed by atoms with van der Waals surface area (Å²) < 4.78 is 17.8. The third-order valence-electron chi connectivity index (χ3n) is 1.63. The standard InChI is InChI=1S/C9H6ClFO3/c1-14-8-6(4-12)2-5(9(10)13)3-7(8)11/h2-4H,1H3. The number of rotatable bonds is 3. The molecule has 0 aliphatic carbocycles. The Hall–Kier alpha value is -1.42. The summed E-state index contributed by atoms with van der Waals surface area (Å²) in [7, 11) is 1.23. The largest absolute Gasteiger partial charge is 0.493 e. The molecule has 14 heavy (non-hydrogen) atoms. The molecule has 0 aromatic heterocycles. The van der Waals surface area contributed by atoms with Gasteiger partial charge in [-0.05, 0) is 23.7 Å². The Labute approximate surface area is 84.4 Å². The molecule has 0 bridgehead atoms. The molecule has 1 rings (SSSR count). The van der Waals surface area contributed by atoms with E-state index in [-0.39, 0.29) is 16.9 Å². The number of aldehydes is 1. The van der Waals surface area contributed by atoms with Gasteiger partial charge in [-0.2, -0.15) is 0 Å². The van der Waals surface area contributed by atoms with Gasteiger partial charge in [-0.3, -0.25) is 9.59 Å². The lowest BCUT2D eigenvalue weighted by Crippen LogP contribution is -1.99. The van der Waals surface area contributed by atoms with E-state index in [1.165, 1.54) is 13.2 Å². The molecule has 0 heterocycles. The van der Waals surface area contributed by atoms with Gasteiger partial charge in [-0.15, -0.1) is 0 Å². The van der Waals surface area contributed by atoms with E-state index in [0.29, 0.717) is 6.29 Å². The van der Waals surface area contributed by atoms with Crippen LogP contribution in [-0.2, 0) is 0 Å². The minimum absolute atomic E-state index is 0.0449. The van der Waals surface area contributed by atoms with E-state index in [9.17, 15) is 14.0 Å². The highest BCUT2D eigenvalue weighted by Gasteiger charge is 2.13. The summed E-state index contributed by atoms with van der Waals surface area (Å²) in [5.41, 5.74) is -0.122. The maximum atomic E-state index is 13.2. The van der Waals surface area contributed by atoms with Crippen LogP contribution in [-0.4, -0.2) is 18.6 Å². The van der Waals surface area contributed by atoms with Crippen LogP contribution in [0.25, 0.3) is 0 Å². The van der Waals surface area contributed by atoms with Gasteiger partial charge in [0.05, 0.1) is 12.7 Å². The molecule has 0 unspecified atom stereocenters. The van der Waals surface area contributed by atoms with Crippen LogP contribution in [0.1, 0.15) is 20.7 Å². The number of carbonyl (C=O) groups is 2. The normalized spacial score (nSPS) is 9.64. The second-order valence-corrected chi connectivity index (χ2v) is 2.82. The van der Waals surface area contributed by atoms with Gasteiger partial charge < -0.3 is 4.74 Å². The summed E-state index contributed by atoms with van der Waals surface area (Å²) in [6, 6.07) is 2.09. The molecule has 0 saturated carbocycles. The first-order valence-electron chi connectivity index (χ1n) is 3.62. The van der Waals surface area contributed by atoms with Crippen molar-refractivity contribution in [2.45, 2.75) is 0 Å². The number of carbonyl (C=O) groups excluding carboxylic acids is 2. The molecule has 1 aromatic carbocycles. The average molecular weight is 217 g/mol. The Balaban J connectivity index is 3.38. The van der Waals surface area contributed by atoms with Gasteiger partial charge in [0, 0.05) is 5.56 Å². The van der Waals surface area contributed by atoms with E-state index < -0.39 is 11.1 Å². The molecule has 0 aliphatic heterocycles. The number of methoxy groups -OCH3 is 1. The minimum Gasteiger partial charge on any atom is -0.493 e. The molecule has 0 radical (unpaired) electrons. The van der Waals surface area contributed by atoms with E-state index in [1.807, 2.05) is 0 Å². The van der Waals surface area contributed by atoms with Crippen molar-refractivity contribution in [3.8, 4) is 5.75 Å². The van der Waals surface area contributed by atoms with Gasteiger partial charge in [0.1, 0.15) is 0 Å². The van der Waals surface area contributed by atoms with Crippen LogP contribution < -0.4 is 4.74 Å². The SMILES string of the molecule is COc1c(F)cc(C(=O)Cl)cc1C=O. The zero-order valence-electron chi connectivity index (χ0n) is 7.21. The molecule has 1 aromatic rings. The Kier molecular flexibility index (Phi) is 3.19. The Morgan fingerprint density at radius 1 is 1.57 bits per heavy atom. The van der Waals surface area contributed by atoms with E-state index in [4.69, 9.17) is 11.6 Å². The van der Waals surface area contributed by atoms with Crippen molar-refractivity contribution >= 4 is 23.1 Å². The maximum absolute atomic E-state index is 13.2. The Morgan fingerprint density at radius 2 is 2.21 bits per heavy atom. The summed E-state index contributed by atoms with van der Waals surface area (Å²) in [4.78, 5) is 21.2. The third-order valence-corrected chi connectivity index (χ3v) is 1.85. The summed E-state index contributed by atoms with van der Waals surface area (Å²) in [6.45, 7) is 0. The molecule has 3 nitrogen and oxygen atoms in total. The van der Waals surface area contributed by atoms with E-state index in [2.05, 4.69) is 4.74 Å². The first kappa shape index (κ1) is 10.7. The van der Waals surface area contributed by atoms with Gasteiger partial charge in [0.15, 0.2) is 17.9 Å². The Morgan fingerprint density at radius 3 is 2.64 bits per heavy atom. The first-order chi connectivity index (χ1) is 6.60. The lowest BCUT2D eigenvalue weighted by atomic mass is 10.1. The van der Waals surface area contributed by atoms with Gasteiger partial charge in [-0.25, -0.2) is 4.39 Å². The number of hydrogen-bond donors (Lipinski definition) is 0. The fourth-order valence-electron chi connectivity index (χ4n) is 1.03. The fraction of sp³-hybridized carbons (Fsp3) is 0.111. The first-order valence-corrected chi connectivity index (χ1v) is 4.00. The van der Waals surface area contributed by atoms with E-state index >= 15 is 0 Å². The second-order valence-electron chi connectivity index (χ2n) is 2.47. The van der Waals surface area contributed by atoms with Gasteiger partial charge in [0.25, 0.3) is 5.24 Å². The van der Waals surface area contributed by atoms with Crippen LogP contribution in [0.15, 0.2) is 12.1 Å². The highest BCUT2D eigenvalue weighted by molar-refractivity contribution is 6.67. The van der Waals surface area contributed by atoms with Crippen molar-refractivity contribution in [1.82, 2.24) is 0 Å². The van der Waals surface area contributed by atoms with Gasteiger partial charge >= 0.3 is 0 Å². The molecule has 0 spiro atoms. The van der Waals surface area contributed by atoms with Gasteiger partial charge in [0.2, 0.25) is 0 Å². The molecule has 0 aliphatic rings. The highest BCUT2D eigenvalue weighted by atomic mass is 35.5. The van der Waals surface area contributed by atoms with Crippen LogP contribution in [0.3, 0.4) is 0 Å². The van der Waals surface area contributed by atoms with Crippen LogP contribution in [0.4, 0.5) is 4.39 Å². The fourth-order valence-corrected chi connectivity index (χ4v) is 1.14. The third kappa shape index (κ3) is 1.90. The van der Waals surface area contributed by atoms with Gasteiger partial charge in [-0.1, -0.05) is 0 Å². The van der Waals surface area contributed by atoms with Crippen molar-refractivity contribution in [1.29, 1.82) is 0 Å². The predicted molar refractivity (Wildman–Crippen MR) is 48.5 cm³/mol. The number of benzene rings is 1. The number of ether oxygens (including phenoxy) is 1. The summed E-state index contributed by atoms with van der Waals surface area (Å²) in [5, 5.41) is -0.824. The Bertz CT molecular complexity index is 390. The molecular formula is C9H6ClFO3. The zero-order chi connectivity index (χ0) is 10.7. The summed E-state index contributed by atoms with van der Waals surface area (Å²) in [5.74, 6) is -0.984. The van der Waals surface area contributed by atoms with Crippen molar-refractivity contribution in [3.05, 3.63) is 29.1 Å². The lowest BCUT2D eigenvalue weighted by molar-refractivity contribution is 0.108. The molecule has 5 heteroatoms. The summed E-state index contributed by atoms with van der Waals surface area (Å²) in [6.07, 6.45) is 0.394. The van der Waals surface area contributed by atoms with E-state index in [1.54, 1.807) is 0 Å². The molecular weight excluding hydrogens is 211 g/mol.